The molecule has 2 rings (SSSR count). The summed E-state index contributed by atoms with van der Waals surface area (Å²) in [6.45, 7) is 6.58. The number of aliphatic hydroxyl groups is 1. The maximum atomic E-state index is 11.1. The van der Waals surface area contributed by atoms with Crippen LogP contribution in [0.15, 0.2) is 36.9 Å². The maximum absolute atomic E-state index is 11.1. The summed E-state index contributed by atoms with van der Waals surface area (Å²) in [4.78, 5) is 3.94. The monoisotopic (exact) mass is 387 g/mol. The van der Waals surface area contributed by atoms with E-state index >= 15 is 0 Å². The first-order valence-corrected chi connectivity index (χ1v) is 7.47. The van der Waals surface area contributed by atoms with Gasteiger partial charge >= 0.3 is 0 Å². The number of hydrogen-bond donors (Lipinski definition) is 2. The predicted octanol–water partition coefficient (Wildman–Crippen LogP) is 3.50. The van der Waals surface area contributed by atoms with Gasteiger partial charge in [0.15, 0.2) is 0 Å². The molecule has 2 aromatic rings. The Morgan fingerprint density at radius 3 is 2.26 bits per heavy atom. The number of aryl methyl sites for hydroxylation is 1. The Labute approximate surface area is 153 Å². The van der Waals surface area contributed by atoms with Gasteiger partial charge in [0.1, 0.15) is 12.7 Å². The molecular weight excluding hydrogens is 363 g/mol. The van der Waals surface area contributed by atoms with E-state index in [9.17, 15) is 5.11 Å². The molecule has 0 bridgehead atoms. The number of halogens is 1. The van der Waals surface area contributed by atoms with Crippen LogP contribution < -0.4 is 6.15 Å². The van der Waals surface area contributed by atoms with E-state index in [0.29, 0.717) is 13.0 Å². The van der Waals surface area contributed by atoms with Crippen LogP contribution in [0.25, 0.3) is 0 Å². The van der Waals surface area contributed by atoms with E-state index in [1.165, 1.54) is 11.9 Å². The zero-order valence-electron chi connectivity index (χ0n) is 13.8. The van der Waals surface area contributed by atoms with Crippen molar-refractivity contribution in [2.24, 2.45) is 5.41 Å². The van der Waals surface area contributed by atoms with Gasteiger partial charge in [0.2, 0.25) is 0 Å². The van der Waals surface area contributed by atoms with E-state index in [1.807, 2.05) is 45.0 Å². The van der Waals surface area contributed by atoms with E-state index in [4.69, 9.17) is 11.6 Å². The van der Waals surface area contributed by atoms with Crippen molar-refractivity contribution >= 4 is 11.6 Å². The Morgan fingerprint density at radius 1 is 1.17 bits per heavy atom. The first-order chi connectivity index (χ1) is 9.80. The van der Waals surface area contributed by atoms with Gasteiger partial charge < -0.3 is 11.3 Å². The van der Waals surface area contributed by atoms with Crippen molar-refractivity contribution in [3.63, 3.8) is 0 Å². The van der Waals surface area contributed by atoms with Crippen molar-refractivity contribution in [2.75, 3.05) is 0 Å². The van der Waals surface area contributed by atoms with Crippen molar-refractivity contribution in [1.29, 1.82) is 0 Å². The minimum absolute atomic E-state index is 0. The Kier molecular flexibility index (Phi) is 8.46. The van der Waals surface area contributed by atoms with Gasteiger partial charge in [0.25, 0.3) is 0 Å². The molecule has 5 nitrogen and oxygen atoms in total. The van der Waals surface area contributed by atoms with Crippen LogP contribution in [0, 0.1) is 5.41 Å². The quantitative estimate of drug-likeness (QED) is 0.768. The molecule has 1 atom stereocenters. The summed E-state index contributed by atoms with van der Waals surface area (Å²) in [6, 6.07) is 7.76. The average Bonchev–Trinajstić information content (AvgIpc) is 2.89. The molecule has 4 N–H and O–H groups in total. The summed E-state index contributed by atoms with van der Waals surface area (Å²) in [5, 5.41) is 16.0. The molecule has 23 heavy (non-hydrogen) atoms. The standard InChI is InChI=1S/C16H22ClN3O.Cu.H3N/c1-15(2,3)16(21,10-20-12-18-11-19-20)9-8-13-4-6-14(17)7-5-13;;/h4-7,11-12,21H,8-10H2,1-3H3;;1H3. The zero-order valence-corrected chi connectivity index (χ0v) is 15.5. The van der Waals surface area contributed by atoms with E-state index in [1.54, 1.807) is 11.0 Å². The first-order valence-electron chi connectivity index (χ1n) is 7.09. The molecule has 0 spiro atoms. The third-order valence-corrected chi connectivity index (χ3v) is 4.28. The van der Waals surface area contributed by atoms with E-state index in [-0.39, 0.29) is 28.6 Å². The van der Waals surface area contributed by atoms with Crippen molar-refractivity contribution in [3.8, 4) is 0 Å². The van der Waals surface area contributed by atoms with Crippen LogP contribution in [0.5, 0.6) is 0 Å². The van der Waals surface area contributed by atoms with Gasteiger partial charge in [0, 0.05) is 22.1 Å². The normalized spacial score (nSPS) is 13.6. The summed E-state index contributed by atoms with van der Waals surface area (Å²) in [6.07, 6.45) is 4.57. The number of hydrogen-bond acceptors (Lipinski definition) is 4. The molecule has 0 saturated heterocycles. The molecule has 1 aromatic carbocycles. The van der Waals surface area contributed by atoms with Gasteiger partial charge in [-0.1, -0.05) is 44.5 Å². The molecule has 133 valence electrons. The second-order valence-corrected chi connectivity index (χ2v) is 6.94. The van der Waals surface area contributed by atoms with Crippen LogP contribution in [0.3, 0.4) is 0 Å². The molecule has 0 aliphatic heterocycles. The molecule has 0 aliphatic rings. The molecule has 1 aromatic heterocycles. The van der Waals surface area contributed by atoms with Gasteiger partial charge in [-0.25, -0.2) is 4.98 Å². The fraction of sp³-hybridized carbons (Fsp3) is 0.500. The van der Waals surface area contributed by atoms with Crippen molar-refractivity contribution in [2.45, 2.75) is 45.8 Å². The summed E-state index contributed by atoms with van der Waals surface area (Å²) in [5.74, 6) is 0. The summed E-state index contributed by atoms with van der Waals surface area (Å²) < 4.78 is 1.69. The van der Waals surface area contributed by atoms with Crippen molar-refractivity contribution < 1.29 is 22.2 Å². The molecule has 0 aliphatic carbocycles. The molecule has 0 saturated carbocycles. The second-order valence-electron chi connectivity index (χ2n) is 6.50. The van der Waals surface area contributed by atoms with Crippen LogP contribution in [0.4, 0.5) is 0 Å². The van der Waals surface area contributed by atoms with Crippen LogP contribution >= 0.6 is 11.6 Å². The van der Waals surface area contributed by atoms with E-state index < -0.39 is 5.60 Å². The van der Waals surface area contributed by atoms with Crippen molar-refractivity contribution in [1.82, 2.24) is 20.9 Å². The van der Waals surface area contributed by atoms with Crippen LogP contribution in [-0.4, -0.2) is 25.5 Å². The fourth-order valence-electron chi connectivity index (χ4n) is 2.28. The number of nitrogens with zero attached hydrogens (tertiary/aromatic N) is 3. The van der Waals surface area contributed by atoms with Gasteiger partial charge in [0.05, 0.1) is 12.1 Å². The smallest absolute Gasteiger partial charge is 0.137 e. The van der Waals surface area contributed by atoms with Crippen LogP contribution in [0.2, 0.25) is 5.02 Å². The molecule has 0 fully saturated rings. The Hall–Kier alpha value is -0.911. The third-order valence-electron chi connectivity index (χ3n) is 4.03. The Balaban J connectivity index is 0.00000242. The summed E-state index contributed by atoms with van der Waals surface area (Å²) in [5.41, 5.74) is 0.0479. The summed E-state index contributed by atoms with van der Waals surface area (Å²) >= 11 is 5.90. The number of benzene rings is 1. The van der Waals surface area contributed by atoms with E-state index in [2.05, 4.69) is 10.1 Å². The SMILES string of the molecule is CC(C)(C)C(O)(CCc1ccc(Cl)cc1)Cn1cncn1.N.[Cu]. The minimum Gasteiger partial charge on any atom is -0.387 e. The van der Waals surface area contributed by atoms with Crippen molar-refractivity contribution in [3.05, 3.63) is 47.5 Å². The Morgan fingerprint density at radius 2 is 1.78 bits per heavy atom. The average molecular weight is 388 g/mol. The first kappa shape index (κ1) is 22.1. The molecular formula is C16H25ClCuN4O. The van der Waals surface area contributed by atoms with Gasteiger partial charge in [-0.15, -0.1) is 0 Å². The molecule has 0 amide bonds. The van der Waals surface area contributed by atoms with Gasteiger partial charge in [-0.05, 0) is 36.0 Å². The molecule has 1 unspecified atom stereocenters. The fourth-order valence-corrected chi connectivity index (χ4v) is 2.40. The van der Waals surface area contributed by atoms with Crippen LogP contribution in [-0.2, 0) is 30.0 Å². The zero-order chi connectivity index (χ0) is 15.5. The molecule has 7 heteroatoms. The van der Waals surface area contributed by atoms with E-state index in [0.717, 1.165) is 11.4 Å². The van der Waals surface area contributed by atoms with Gasteiger partial charge in [-0.2, -0.15) is 5.10 Å². The molecule has 1 heterocycles. The minimum atomic E-state index is -0.861. The molecule has 1 radical (unpaired) electrons. The topological polar surface area (TPSA) is 85.9 Å². The second kappa shape index (κ2) is 8.81. The Bertz CT molecular complexity index is 569. The van der Waals surface area contributed by atoms with Gasteiger partial charge in [-0.3, -0.25) is 4.68 Å². The van der Waals surface area contributed by atoms with Crippen LogP contribution in [0.1, 0.15) is 32.8 Å². The summed E-state index contributed by atoms with van der Waals surface area (Å²) in [7, 11) is 0. The third kappa shape index (κ3) is 5.90. The maximum Gasteiger partial charge on any atom is 0.137 e. The largest absolute Gasteiger partial charge is 0.387 e. The predicted molar refractivity (Wildman–Crippen MR) is 89.2 cm³/mol. The number of rotatable bonds is 5. The number of aromatic nitrogens is 3.